The van der Waals surface area contributed by atoms with Crippen molar-refractivity contribution in [3.8, 4) is 0 Å². The van der Waals surface area contributed by atoms with E-state index in [1.807, 2.05) is 72.3 Å². The van der Waals surface area contributed by atoms with Crippen molar-refractivity contribution in [2.45, 2.75) is 18.4 Å². The van der Waals surface area contributed by atoms with Gasteiger partial charge in [0, 0.05) is 22.9 Å². The highest BCUT2D eigenvalue weighted by molar-refractivity contribution is 8.03. The lowest BCUT2D eigenvalue weighted by molar-refractivity contribution is -0.658. The molecule has 1 aliphatic rings. The third kappa shape index (κ3) is 7.01. The maximum atomic E-state index is 12.4. The first kappa shape index (κ1) is 27.8. The summed E-state index contributed by atoms with van der Waals surface area (Å²) >= 11 is 2.88. The molecule has 14 heteroatoms. The van der Waals surface area contributed by atoms with E-state index in [9.17, 15) is 26.7 Å². The summed E-state index contributed by atoms with van der Waals surface area (Å²) in [7, 11) is -7.52. The van der Waals surface area contributed by atoms with Gasteiger partial charge >= 0.3 is 0 Å². The lowest BCUT2D eigenvalue weighted by atomic mass is 10.2. The minimum Gasteiger partial charge on any atom is -0.857 e. The number of benzene rings is 2. The van der Waals surface area contributed by atoms with Crippen molar-refractivity contribution in [2.75, 3.05) is 24.0 Å². The van der Waals surface area contributed by atoms with Crippen molar-refractivity contribution in [1.29, 1.82) is 0 Å². The van der Waals surface area contributed by atoms with Crippen molar-refractivity contribution in [2.24, 2.45) is 4.40 Å². The second kappa shape index (κ2) is 10.9. The molecule has 10 nitrogen and oxygen atoms in total. The molecule has 0 atom stereocenters. The average molecular weight is 593 g/mol. The number of thiazole rings is 1. The third-order valence-electron chi connectivity index (χ3n) is 5.14. The molecule has 38 heavy (non-hydrogen) atoms. The summed E-state index contributed by atoms with van der Waals surface area (Å²) in [5.74, 6) is -1.44. The van der Waals surface area contributed by atoms with Gasteiger partial charge in [0.15, 0.2) is 6.54 Å². The topological polar surface area (TPSA) is 140 Å². The third-order valence-corrected chi connectivity index (χ3v) is 8.50. The second-order valence-corrected chi connectivity index (χ2v) is 14.1. The maximum Gasteiger partial charge on any atom is 0.263 e. The van der Waals surface area contributed by atoms with Crippen molar-refractivity contribution in [3.63, 3.8) is 0 Å². The molecule has 0 spiro atoms. The Balaban J connectivity index is 1.71. The van der Waals surface area contributed by atoms with Crippen LogP contribution in [0.1, 0.15) is 11.9 Å². The summed E-state index contributed by atoms with van der Waals surface area (Å²) in [4.78, 5) is 15.1. The van der Waals surface area contributed by atoms with Gasteiger partial charge in [0.2, 0.25) is 25.6 Å². The van der Waals surface area contributed by atoms with E-state index in [1.165, 1.54) is 23.1 Å². The zero-order valence-corrected chi connectivity index (χ0v) is 23.9. The number of fused-ring (bicyclic) bond motifs is 2. The number of carbonyl (C=O) groups is 1. The van der Waals surface area contributed by atoms with Crippen LogP contribution in [0.5, 0.6) is 0 Å². The Morgan fingerprint density at radius 3 is 2.50 bits per heavy atom. The first-order valence-electron chi connectivity index (χ1n) is 11.1. The Morgan fingerprint density at radius 2 is 1.79 bits per heavy atom. The SMILES string of the molecule is CC(=C\c1sc2ccccc2[n+]1C/C([O-])=N/S(C)(=O)=O)/C=C1/Sc2ccccc2N1CC(=O)NS(C)(=O)=O. The van der Waals surface area contributed by atoms with Crippen LogP contribution in [-0.4, -0.2) is 47.7 Å². The molecule has 1 amide bonds. The number of sulfonamides is 2. The molecule has 1 aliphatic heterocycles. The Morgan fingerprint density at radius 1 is 1.11 bits per heavy atom. The fraction of sp³-hybridized carbons (Fsp3) is 0.208. The highest BCUT2D eigenvalue weighted by Crippen LogP contribution is 2.46. The number of aromatic nitrogens is 1. The van der Waals surface area contributed by atoms with Crippen LogP contribution >= 0.6 is 23.1 Å². The van der Waals surface area contributed by atoms with Crippen molar-refractivity contribution >= 4 is 76.9 Å². The van der Waals surface area contributed by atoms with Gasteiger partial charge in [0.1, 0.15) is 11.2 Å². The number of hydrogen-bond acceptors (Lipinski definition) is 9. The van der Waals surface area contributed by atoms with Crippen LogP contribution < -0.4 is 19.3 Å². The molecule has 2 aromatic carbocycles. The van der Waals surface area contributed by atoms with Gasteiger partial charge in [-0.05, 0) is 36.8 Å². The maximum absolute atomic E-state index is 12.4. The van der Waals surface area contributed by atoms with Gasteiger partial charge in [-0.1, -0.05) is 47.4 Å². The summed E-state index contributed by atoms with van der Waals surface area (Å²) in [6.07, 6.45) is 5.53. The number of nitrogens with one attached hydrogen (secondary N) is 1. The van der Waals surface area contributed by atoms with E-state index < -0.39 is 31.9 Å². The smallest absolute Gasteiger partial charge is 0.263 e. The fourth-order valence-electron chi connectivity index (χ4n) is 3.81. The Hall–Kier alpha value is -3.20. The van der Waals surface area contributed by atoms with Crippen LogP contribution in [0.25, 0.3) is 16.3 Å². The lowest BCUT2D eigenvalue weighted by Gasteiger charge is -2.19. The van der Waals surface area contributed by atoms with E-state index in [0.29, 0.717) is 5.01 Å². The molecule has 2 heterocycles. The van der Waals surface area contributed by atoms with E-state index in [4.69, 9.17) is 0 Å². The number of allylic oxidation sites excluding steroid dienone is 2. The number of hydrogen-bond donors (Lipinski definition) is 1. The molecule has 0 aliphatic carbocycles. The molecule has 0 bridgehead atoms. The molecular weight excluding hydrogens is 569 g/mol. The van der Waals surface area contributed by atoms with Gasteiger partial charge in [0.25, 0.3) is 10.9 Å². The predicted octanol–water partition coefficient (Wildman–Crippen LogP) is 1.84. The van der Waals surface area contributed by atoms with Gasteiger partial charge in [-0.25, -0.2) is 16.8 Å². The number of thioether (sulfide) groups is 1. The minimum absolute atomic E-state index is 0.194. The Labute approximate surface area is 229 Å². The van der Waals surface area contributed by atoms with E-state index in [-0.39, 0.29) is 13.1 Å². The van der Waals surface area contributed by atoms with Gasteiger partial charge in [-0.15, -0.1) is 0 Å². The Kier molecular flexibility index (Phi) is 7.97. The number of anilines is 1. The second-order valence-electron chi connectivity index (χ2n) is 8.54. The highest BCUT2D eigenvalue weighted by Gasteiger charge is 2.27. The number of amides is 1. The quantitative estimate of drug-likeness (QED) is 0.237. The molecule has 1 N–H and O–H groups in total. The summed E-state index contributed by atoms with van der Waals surface area (Å²) in [5.41, 5.74) is 2.34. The summed E-state index contributed by atoms with van der Waals surface area (Å²) in [6, 6.07) is 14.9. The largest absolute Gasteiger partial charge is 0.857 e. The summed E-state index contributed by atoms with van der Waals surface area (Å²) in [6.45, 7) is 1.42. The Bertz CT molecular complexity index is 1720. The molecule has 4 rings (SSSR count). The zero-order valence-electron chi connectivity index (χ0n) is 20.6. The summed E-state index contributed by atoms with van der Waals surface area (Å²) < 4.78 is 53.9. The first-order chi connectivity index (χ1) is 17.8. The molecule has 0 saturated heterocycles. The summed E-state index contributed by atoms with van der Waals surface area (Å²) in [5, 5.41) is 13.8. The van der Waals surface area contributed by atoms with Gasteiger partial charge in [0.05, 0.1) is 23.2 Å². The van der Waals surface area contributed by atoms with Crippen LogP contribution in [0.3, 0.4) is 0 Å². The number of nitrogens with zero attached hydrogens (tertiary/aromatic N) is 3. The van der Waals surface area contributed by atoms with Crippen LogP contribution in [0.2, 0.25) is 0 Å². The minimum atomic E-state index is -3.82. The lowest BCUT2D eigenvalue weighted by Crippen LogP contribution is -2.43. The molecule has 1 aromatic heterocycles. The average Bonchev–Trinajstić information content (AvgIpc) is 3.29. The molecule has 0 radical (unpaired) electrons. The van der Waals surface area contributed by atoms with Gasteiger partial charge in [-0.3, -0.25) is 9.52 Å². The van der Waals surface area contributed by atoms with E-state index in [1.54, 1.807) is 9.47 Å². The number of carbonyl (C=O) groups excluding carboxylic acids is 1. The monoisotopic (exact) mass is 592 g/mol. The number of rotatable bonds is 8. The van der Waals surface area contributed by atoms with Crippen molar-refractivity contribution in [1.82, 2.24) is 4.72 Å². The normalized spacial score (nSPS) is 15.8. The van der Waals surface area contributed by atoms with E-state index in [2.05, 4.69) is 4.40 Å². The first-order valence-corrected chi connectivity index (χ1v) is 16.5. The fourth-order valence-corrected chi connectivity index (χ4v) is 7.06. The van der Waals surface area contributed by atoms with Crippen LogP contribution in [0.15, 0.2) is 74.5 Å². The van der Waals surface area contributed by atoms with Crippen molar-refractivity contribution < 1.29 is 31.3 Å². The van der Waals surface area contributed by atoms with E-state index >= 15 is 0 Å². The van der Waals surface area contributed by atoms with E-state index in [0.717, 1.165) is 43.9 Å². The zero-order chi connectivity index (χ0) is 27.7. The molecule has 0 unspecified atom stereocenters. The standard InChI is InChI=1S/C24H24N4O6S4/c1-16(12-23-27(14-21(29)25-37(2,31)32)17-8-4-6-10-19(17)35-23)13-24-28(15-22(30)26-38(3,33)34)18-9-5-7-11-20(18)36-24/h4-13H,14-15H2,1-3H3,(H-,25,26,29,30). The van der Waals surface area contributed by atoms with Gasteiger partial charge < -0.3 is 10.0 Å². The number of para-hydroxylation sites is 2. The molecule has 200 valence electrons. The molecule has 3 aromatic rings. The molecule has 0 fully saturated rings. The predicted molar refractivity (Wildman–Crippen MR) is 149 cm³/mol. The highest BCUT2D eigenvalue weighted by atomic mass is 32.2. The molecule has 0 saturated carbocycles. The molecular formula is C24H24N4O6S4. The van der Waals surface area contributed by atoms with Crippen LogP contribution in [0.4, 0.5) is 5.69 Å². The van der Waals surface area contributed by atoms with Crippen LogP contribution in [-0.2, 0) is 31.4 Å². The van der Waals surface area contributed by atoms with Crippen molar-refractivity contribution in [3.05, 3.63) is 70.2 Å². The van der Waals surface area contributed by atoms with Gasteiger partial charge in [-0.2, -0.15) is 8.96 Å². The van der Waals surface area contributed by atoms with Crippen LogP contribution in [0, 0.1) is 0 Å².